The van der Waals surface area contributed by atoms with Crippen molar-refractivity contribution in [2.24, 2.45) is 11.8 Å². The first-order valence-electron chi connectivity index (χ1n) is 4.93. The van der Waals surface area contributed by atoms with Crippen LogP contribution in [0.4, 0.5) is 0 Å². The van der Waals surface area contributed by atoms with E-state index in [-0.39, 0.29) is 0 Å². The molecule has 3 aliphatic rings. The molecule has 0 aromatic rings. The first-order valence-corrected chi connectivity index (χ1v) is 4.93. The van der Waals surface area contributed by atoms with E-state index in [2.05, 4.69) is 12.2 Å². The van der Waals surface area contributed by atoms with E-state index in [1.807, 2.05) is 0 Å². The molecule has 2 fully saturated rings. The highest BCUT2D eigenvalue weighted by molar-refractivity contribution is 5.39. The first kappa shape index (κ1) is 6.90. The summed E-state index contributed by atoms with van der Waals surface area (Å²) in [5.74, 6) is 1.42. The SMILES string of the molecule is C1=C2CCCC2=CC2COCC12. The van der Waals surface area contributed by atoms with Gasteiger partial charge >= 0.3 is 0 Å². The summed E-state index contributed by atoms with van der Waals surface area (Å²) in [7, 11) is 0. The molecule has 0 bridgehead atoms. The molecule has 1 saturated heterocycles. The Labute approximate surface area is 73.1 Å². The minimum absolute atomic E-state index is 0.710. The van der Waals surface area contributed by atoms with Crippen LogP contribution in [0.3, 0.4) is 0 Å². The van der Waals surface area contributed by atoms with Gasteiger partial charge in [0.1, 0.15) is 0 Å². The van der Waals surface area contributed by atoms with Crippen molar-refractivity contribution in [3.63, 3.8) is 0 Å². The average Bonchev–Trinajstić information content (AvgIpc) is 2.64. The molecule has 1 nitrogen and oxygen atoms in total. The predicted octanol–water partition coefficient (Wildman–Crippen LogP) is 2.30. The minimum Gasteiger partial charge on any atom is -0.380 e. The molecule has 2 unspecified atom stereocenters. The summed E-state index contributed by atoms with van der Waals surface area (Å²) in [6.45, 7) is 1.91. The summed E-state index contributed by atoms with van der Waals surface area (Å²) in [5, 5.41) is 0. The number of hydrogen-bond acceptors (Lipinski definition) is 1. The summed E-state index contributed by atoms with van der Waals surface area (Å²) in [5.41, 5.74) is 3.25. The molecule has 0 spiro atoms. The second-order valence-corrected chi connectivity index (χ2v) is 4.10. The number of ether oxygens (including phenoxy) is 1. The van der Waals surface area contributed by atoms with Gasteiger partial charge in [0.05, 0.1) is 13.2 Å². The van der Waals surface area contributed by atoms with Crippen molar-refractivity contribution >= 4 is 0 Å². The summed E-state index contributed by atoms with van der Waals surface area (Å²) in [6, 6.07) is 0. The molecule has 2 aliphatic carbocycles. The van der Waals surface area contributed by atoms with E-state index in [1.54, 1.807) is 11.1 Å². The molecule has 1 aliphatic heterocycles. The van der Waals surface area contributed by atoms with Gasteiger partial charge in [0.2, 0.25) is 0 Å². The number of fused-ring (bicyclic) bond motifs is 2. The molecule has 1 heteroatoms. The zero-order valence-electron chi connectivity index (χ0n) is 7.25. The van der Waals surface area contributed by atoms with Gasteiger partial charge in [-0.1, -0.05) is 12.2 Å². The summed E-state index contributed by atoms with van der Waals surface area (Å²) in [6.07, 6.45) is 8.95. The highest BCUT2D eigenvalue weighted by Gasteiger charge is 2.30. The van der Waals surface area contributed by atoms with E-state index >= 15 is 0 Å². The van der Waals surface area contributed by atoms with Crippen LogP contribution in [0.5, 0.6) is 0 Å². The zero-order chi connectivity index (χ0) is 7.97. The van der Waals surface area contributed by atoms with Crippen LogP contribution < -0.4 is 0 Å². The fourth-order valence-corrected chi connectivity index (χ4v) is 2.62. The van der Waals surface area contributed by atoms with Crippen molar-refractivity contribution in [2.45, 2.75) is 19.3 Å². The van der Waals surface area contributed by atoms with Gasteiger partial charge in [-0.15, -0.1) is 0 Å². The second kappa shape index (κ2) is 2.46. The second-order valence-electron chi connectivity index (χ2n) is 4.10. The normalized spacial score (nSPS) is 38.7. The Morgan fingerprint density at radius 1 is 1.00 bits per heavy atom. The Kier molecular flexibility index (Phi) is 1.42. The van der Waals surface area contributed by atoms with Crippen molar-refractivity contribution in [1.29, 1.82) is 0 Å². The van der Waals surface area contributed by atoms with Gasteiger partial charge in [0.15, 0.2) is 0 Å². The topological polar surface area (TPSA) is 9.23 Å². The van der Waals surface area contributed by atoms with E-state index in [0.717, 1.165) is 13.2 Å². The Morgan fingerprint density at radius 3 is 2.17 bits per heavy atom. The van der Waals surface area contributed by atoms with Gasteiger partial charge in [-0.05, 0) is 30.4 Å². The number of hydrogen-bond donors (Lipinski definition) is 0. The van der Waals surface area contributed by atoms with Crippen molar-refractivity contribution in [3.8, 4) is 0 Å². The van der Waals surface area contributed by atoms with Gasteiger partial charge in [-0.3, -0.25) is 0 Å². The average molecular weight is 162 g/mol. The molecule has 12 heavy (non-hydrogen) atoms. The summed E-state index contributed by atoms with van der Waals surface area (Å²) < 4.78 is 5.47. The summed E-state index contributed by atoms with van der Waals surface area (Å²) in [4.78, 5) is 0. The maximum atomic E-state index is 5.47. The molecule has 3 rings (SSSR count). The molecule has 64 valence electrons. The van der Waals surface area contributed by atoms with Crippen LogP contribution in [0.1, 0.15) is 19.3 Å². The fourth-order valence-electron chi connectivity index (χ4n) is 2.62. The van der Waals surface area contributed by atoms with Gasteiger partial charge in [0, 0.05) is 11.8 Å². The lowest BCUT2D eigenvalue weighted by Gasteiger charge is -2.18. The van der Waals surface area contributed by atoms with E-state index in [9.17, 15) is 0 Å². The van der Waals surface area contributed by atoms with E-state index in [4.69, 9.17) is 4.74 Å². The highest BCUT2D eigenvalue weighted by Crippen LogP contribution is 2.39. The largest absolute Gasteiger partial charge is 0.380 e. The van der Waals surface area contributed by atoms with Crippen molar-refractivity contribution < 1.29 is 4.74 Å². The molecule has 0 radical (unpaired) electrons. The molecule has 0 aromatic carbocycles. The molecule has 0 aromatic heterocycles. The van der Waals surface area contributed by atoms with Gasteiger partial charge in [-0.25, -0.2) is 0 Å². The van der Waals surface area contributed by atoms with Crippen LogP contribution in [0.25, 0.3) is 0 Å². The third-order valence-corrected chi connectivity index (χ3v) is 3.31. The quantitative estimate of drug-likeness (QED) is 0.531. The van der Waals surface area contributed by atoms with E-state index in [0.29, 0.717) is 11.8 Å². The van der Waals surface area contributed by atoms with Crippen LogP contribution in [0, 0.1) is 11.8 Å². The predicted molar refractivity (Wildman–Crippen MR) is 47.8 cm³/mol. The third kappa shape index (κ3) is 0.893. The lowest BCUT2D eigenvalue weighted by atomic mass is 9.85. The Bertz CT molecular complexity index is 236. The maximum Gasteiger partial charge on any atom is 0.0535 e. The number of rotatable bonds is 0. The number of allylic oxidation sites excluding steroid dienone is 2. The fraction of sp³-hybridized carbons (Fsp3) is 0.636. The summed E-state index contributed by atoms with van der Waals surface area (Å²) >= 11 is 0. The van der Waals surface area contributed by atoms with E-state index < -0.39 is 0 Å². The van der Waals surface area contributed by atoms with Crippen LogP contribution >= 0.6 is 0 Å². The molecule has 0 amide bonds. The molecule has 1 saturated carbocycles. The molecule has 2 atom stereocenters. The molecular weight excluding hydrogens is 148 g/mol. The smallest absolute Gasteiger partial charge is 0.0535 e. The van der Waals surface area contributed by atoms with Crippen LogP contribution in [0.2, 0.25) is 0 Å². The lowest BCUT2D eigenvalue weighted by molar-refractivity contribution is 0.187. The molecule has 0 N–H and O–H groups in total. The minimum atomic E-state index is 0.710. The third-order valence-electron chi connectivity index (χ3n) is 3.31. The Hall–Kier alpha value is -0.560. The van der Waals surface area contributed by atoms with Crippen LogP contribution in [-0.4, -0.2) is 13.2 Å². The Morgan fingerprint density at radius 2 is 1.58 bits per heavy atom. The van der Waals surface area contributed by atoms with Crippen molar-refractivity contribution in [3.05, 3.63) is 23.3 Å². The van der Waals surface area contributed by atoms with Gasteiger partial charge in [0.25, 0.3) is 0 Å². The Balaban J connectivity index is 1.97. The zero-order valence-corrected chi connectivity index (χ0v) is 7.25. The first-order chi connectivity index (χ1) is 5.93. The maximum absolute atomic E-state index is 5.47. The van der Waals surface area contributed by atoms with Crippen molar-refractivity contribution in [2.75, 3.05) is 13.2 Å². The highest BCUT2D eigenvalue weighted by atomic mass is 16.5. The van der Waals surface area contributed by atoms with Gasteiger partial charge in [-0.2, -0.15) is 0 Å². The van der Waals surface area contributed by atoms with E-state index in [1.165, 1.54) is 19.3 Å². The van der Waals surface area contributed by atoms with Crippen LogP contribution in [-0.2, 0) is 4.74 Å². The lowest BCUT2D eigenvalue weighted by Crippen LogP contribution is -2.12. The molecule has 1 heterocycles. The monoisotopic (exact) mass is 162 g/mol. The van der Waals surface area contributed by atoms with Gasteiger partial charge < -0.3 is 4.74 Å². The molecular formula is C11H14O. The van der Waals surface area contributed by atoms with Crippen LogP contribution in [0.15, 0.2) is 23.3 Å². The van der Waals surface area contributed by atoms with Crippen molar-refractivity contribution in [1.82, 2.24) is 0 Å². The standard InChI is InChI=1S/C11H14O/c1-2-8-4-10-6-12-7-11(10)5-9(8)3-1/h4-5,10-11H,1-3,6-7H2.